The van der Waals surface area contributed by atoms with Crippen LogP contribution in [0.15, 0.2) is 0 Å². The number of nitrogens with zero attached hydrogens (tertiary/aromatic N) is 1. The van der Waals surface area contributed by atoms with Crippen molar-refractivity contribution in [1.29, 1.82) is 0 Å². The Morgan fingerprint density at radius 3 is 2.68 bits per heavy atom. The average Bonchev–Trinajstić information content (AvgIpc) is 2.35. The lowest BCUT2D eigenvalue weighted by Crippen LogP contribution is -2.39. The fraction of sp³-hybridized carbons (Fsp3) is 0.917. The van der Waals surface area contributed by atoms with E-state index in [1.54, 1.807) is 4.90 Å². The zero-order valence-electron chi connectivity index (χ0n) is 11.5. The molecule has 0 aliphatic carbocycles. The van der Waals surface area contributed by atoms with Crippen LogP contribution in [0.3, 0.4) is 0 Å². The summed E-state index contributed by atoms with van der Waals surface area (Å²) < 4.78 is 27.2. The maximum absolute atomic E-state index is 12.0. The minimum Gasteiger partial charge on any atom is -0.376 e. The first-order valence-electron chi connectivity index (χ1n) is 6.82. The van der Waals surface area contributed by atoms with Crippen LogP contribution in [0.5, 0.6) is 0 Å². The molecular formula is C12H24N2O4S. The minimum atomic E-state index is -3.47. The predicted octanol–water partition coefficient (Wildman–Crippen LogP) is 0.473. The fourth-order valence-electron chi connectivity index (χ4n) is 2.19. The molecule has 1 amide bonds. The number of nitrogens with two attached hydrogens (primary N) is 1. The topological polar surface area (TPSA) is 89.7 Å². The lowest BCUT2D eigenvalue weighted by atomic mass is 10.1. The first-order valence-corrected chi connectivity index (χ1v) is 8.53. The molecule has 6 nitrogen and oxygen atoms in total. The smallest absolute Gasteiger partial charge is 0.222 e. The van der Waals surface area contributed by atoms with E-state index in [-0.39, 0.29) is 30.6 Å². The van der Waals surface area contributed by atoms with Crippen molar-refractivity contribution in [2.75, 3.05) is 25.4 Å². The number of primary sulfonamides is 1. The molecule has 1 aliphatic heterocycles. The van der Waals surface area contributed by atoms with Gasteiger partial charge in [-0.3, -0.25) is 4.79 Å². The van der Waals surface area contributed by atoms with Crippen molar-refractivity contribution in [3.63, 3.8) is 0 Å². The molecule has 0 aromatic carbocycles. The molecule has 1 fully saturated rings. The van der Waals surface area contributed by atoms with Crippen molar-refractivity contribution < 1.29 is 17.9 Å². The highest BCUT2D eigenvalue weighted by molar-refractivity contribution is 7.89. The van der Waals surface area contributed by atoms with E-state index in [4.69, 9.17) is 9.88 Å². The quantitative estimate of drug-likeness (QED) is 0.738. The Morgan fingerprint density at radius 1 is 1.42 bits per heavy atom. The zero-order valence-corrected chi connectivity index (χ0v) is 12.3. The van der Waals surface area contributed by atoms with Gasteiger partial charge in [0.2, 0.25) is 15.9 Å². The molecule has 0 spiro atoms. The van der Waals surface area contributed by atoms with Gasteiger partial charge in [-0.2, -0.15) is 0 Å². The second-order valence-corrected chi connectivity index (χ2v) is 6.63. The highest BCUT2D eigenvalue weighted by Crippen LogP contribution is 2.14. The highest BCUT2D eigenvalue weighted by atomic mass is 32.2. The molecule has 0 aromatic rings. The first-order chi connectivity index (χ1) is 8.92. The largest absolute Gasteiger partial charge is 0.376 e. The van der Waals surface area contributed by atoms with E-state index in [9.17, 15) is 13.2 Å². The van der Waals surface area contributed by atoms with E-state index in [1.807, 2.05) is 6.92 Å². The summed E-state index contributed by atoms with van der Waals surface area (Å²) in [6.07, 6.45) is 3.83. The van der Waals surface area contributed by atoms with Gasteiger partial charge in [0.25, 0.3) is 0 Å². The second-order valence-electron chi connectivity index (χ2n) is 4.89. The van der Waals surface area contributed by atoms with Gasteiger partial charge in [-0.1, -0.05) is 0 Å². The third-order valence-electron chi connectivity index (χ3n) is 3.25. The molecule has 0 radical (unpaired) electrons. The van der Waals surface area contributed by atoms with E-state index >= 15 is 0 Å². The van der Waals surface area contributed by atoms with E-state index in [1.165, 1.54) is 0 Å². The number of amides is 1. The van der Waals surface area contributed by atoms with Crippen LogP contribution in [-0.4, -0.2) is 50.8 Å². The molecule has 1 heterocycles. The van der Waals surface area contributed by atoms with Gasteiger partial charge in [0.15, 0.2) is 0 Å². The van der Waals surface area contributed by atoms with Crippen molar-refractivity contribution in [1.82, 2.24) is 4.90 Å². The van der Waals surface area contributed by atoms with Crippen molar-refractivity contribution in [2.24, 2.45) is 5.14 Å². The predicted molar refractivity (Wildman–Crippen MR) is 73.1 cm³/mol. The normalized spacial score (nSPS) is 20.2. The maximum atomic E-state index is 12.0. The Bertz CT molecular complexity index is 377. The van der Waals surface area contributed by atoms with Crippen molar-refractivity contribution in [3.8, 4) is 0 Å². The molecule has 1 atom stereocenters. The molecule has 2 N–H and O–H groups in total. The molecule has 19 heavy (non-hydrogen) atoms. The van der Waals surface area contributed by atoms with E-state index in [0.29, 0.717) is 13.1 Å². The molecule has 112 valence electrons. The number of hydrogen-bond acceptors (Lipinski definition) is 4. The van der Waals surface area contributed by atoms with Crippen LogP contribution in [0, 0.1) is 0 Å². The third kappa shape index (κ3) is 6.89. The average molecular weight is 292 g/mol. The molecular weight excluding hydrogens is 268 g/mol. The maximum Gasteiger partial charge on any atom is 0.222 e. The monoisotopic (exact) mass is 292 g/mol. The minimum absolute atomic E-state index is 0.0275. The van der Waals surface area contributed by atoms with Gasteiger partial charge >= 0.3 is 0 Å². The summed E-state index contributed by atoms with van der Waals surface area (Å²) in [4.78, 5) is 13.7. The van der Waals surface area contributed by atoms with Gasteiger partial charge in [0, 0.05) is 26.1 Å². The Hall–Kier alpha value is -0.660. The third-order valence-corrected chi connectivity index (χ3v) is 4.11. The lowest BCUT2D eigenvalue weighted by Gasteiger charge is -2.29. The van der Waals surface area contributed by atoms with Gasteiger partial charge in [0.05, 0.1) is 11.9 Å². The van der Waals surface area contributed by atoms with E-state index < -0.39 is 10.0 Å². The van der Waals surface area contributed by atoms with Gasteiger partial charge in [-0.25, -0.2) is 13.6 Å². The number of rotatable bonds is 7. The summed E-state index contributed by atoms with van der Waals surface area (Å²) in [5.74, 6) is -0.170. The summed E-state index contributed by atoms with van der Waals surface area (Å²) in [5.41, 5.74) is 0. The fourth-order valence-corrected chi connectivity index (χ4v) is 2.73. The van der Waals surface area contributed by atoms with Crippen LogP contribution in [-0.2, 0) is 19.6 Å². The number of ether oxygens (including phenoxy) is 1. The molecule has 1 unspecified atom stereocenters. The van der Waals surface area contributed by atoms with E-state index in [2.05, 4.69) is 0 Å². The molecule has 0 bridgehead atoms. The van der Waals surface area contributed by atoms with Gasteiger partial charge in [-0.05, 0) is 32.6 Å². The van der Waals surface area contributed by atoms with Crippen molar-refractivity contribution in [2.45, 2.75) is 45.1 Å². The second kappa shape index (κ2) is 7.81. The number of hydrogen-bond donors (Lipinski definition) is 1. The lowest BCUT2D eigenvalue weighted by molar-refractivity contribution is -0.133. The SMILES string of the molecule is CCN(CC1CCCCO1)C(=O)CCCS(N)(=O)=O. The Kier molecular flexibility index (Phi) is 6.74. The van der Waals surface area contributed by atoms with Crippen LogP contribution < -0.4 is 5.14 Å². The summed E-state index contributed by atoms with van der Waals surface area (Å²) in [7, 11) is -3.47. The number of carbonyl (C=O) groups is 1. The number of likely N-dealkylation sites (N-methyl/N-ethyl adjacent to an activating group) is 1. The van der Waals surface area contributed by atoms with E-state index in [0.717, 1.165) is 25.9 Å². The molecule has 1 aliphatic rings. The highest BCUT2D eigenvalue weighted by Gasteiger charge is 2.20. The molecule has 0 saturated carbocycles. The molecule has 7 heteroatoms. The van der Waals surface area contributed by atoms with Crippen molar-refractivity contribution in [3.05, 3.63) is 0 Å². The van der Waals surface area contributed by atoms with Crippen LogP contribution in [0.25, 0.3) is 0 Å². The summed E-state index contributed by atoms with van der Waals surface area (Å²) in [6, 6.07) is 0. The summed E-state index contributed by atoms with van der Waals surface area (Å²) in [6.45, 7) is 3.90. The van der Waals surface area contributed by atoms with Gasteiger partial charge < -0.3 is 9.64 Å². The van der Waals surface area contributed by atoms with Crippen LogP contribution >= 0.6 is 0 Å². The number of carbonyl (C=O) groups excluding carboxylic acids is 1. The summed E-state index contributed by atoms with van der Waals surface area (Å²) >= 11 is 0. The van der Waals surface area contributed by atoms with Crippen LogP contribution in [0.2, 0.25) is 0 Å². The first kappa shape index (κ1) is 16.4. The Labute approximate surface area is 115 Å². The molecule has 1 saturated heterocycles. The molecule has 1 rings (SSSR count). The number of sulfonamides is 1. The van der Waals surface area contributed by atoms with Gasteiger partial charge in [-0.15, -0.1) is 0 Å². The Morgan fingerprint density at radius 2 is 2.16 bits per heavy atom. The van der Waals surface area contributed by atoms with Crippen molar-refractivity contribution >= 4 is 15.9 Å². The molecule has 0 aromatic heterocycles. The van der Waals surface area contributed by atoms with Crippen LogP contribution in [0.4, 0.5) is 0 Å². The zero-order chi connectivity index (χ0) is 14.3. The van der Waals surface area contributed by atoms with Crippen LogP contribution in [0.1, 0.15) is 39.0 Å². The Balaban J connectivity index is 2.34. The van der Waals surface area contributed by atoms with Gasteiger partial charge in [0.1, 0.15) is 0 Å². The summed E-state index contributed by atoms with van der Waals surface area (Å²) in [5, 5.41) is 4.91. The standard InChI is InChI=1S/C12H24N2O4S/c1-2-14(10-11-6-3-4-8-18-11)12(15)7-5-9-19(13,16)17/h11H,2-10H2,1H3,(H2,13,16,17).